The van der Waals surface area contributed by atoms with Crippen molar-refractivity contribution in [3.63, 3.8) is 0 Å². The van der Waals surface area contributed by atoms with Crippen LogP contribution in [0.25, 0.3) is 10.8 Å². The second-order valence-electron chi connectivity index (χ2n) is 5.25. The highest BCUT2D eigenvalue weighted by Gasteiger charge is 2.32. The Morgan fingerprint density at radius 2 is 2.19 bits per heavy atom. The molecule has 1 fully saturated rings. The van der Waals surface area contributed by atoms with Crippen molar-refractivity contribution in [1.82, 2.24) is 14.6 Å². The number of rotatable bonds is 2. The van der Waals surface area contributed by atoms with E-state index < -0.39 is 10.0 Å². The van der Waals surface area contributed by atoms with Crippen molar-refractivity contribution in [1.29, 1.82) is 0 Å². The van der Waals surface area contributed by atoms with E-state index in [1.165, 1.54) is 10.5 Å². The lowest BCUT2D eigenvalue weighted by Gasteiger charge is -2.33. The third-order valence-corrected chi connectivity index (χ3v) is 5.86. The number of hydrogen-bond donors (Lipinski definition) is 1. The first-order valence-corrected chi connectivity index (χ1v) is 8.30. The molecule has 0 spiro atoms. The van der Waals surface area contributed by atoms with Gasteiger partial charge in [-0.05, 0) is 18.4 Å². The van der Waals surface area contributed by atoms with Crippen LogP contribution in [0.5, 0.6) is 0 Å². The lowest BCUT2D eigenvalue weighted by Crippen LogP contribution is -2.52. The predicted molar refractivity (Wildman–Crippen MR) is 83.4 cm³/mol. The second kappa shape index (κ2) is 5.40. The van der Waals surface area contributed by atoms with Gasteiger partial charge in [0.15, 0.2) is 0 Å². The van der Waals surface area contributed by atoms with Gasteiger partial charge < -0.3 is 5.32 Å². The molecule has 108 valence electrons. The summed E-state index contributed by atoms with van der Waals surface area (Å²) in [6, 6.07) is 5.08. The third-order valence-electron chi connectivity index (χ3n) is 3.80. The van der Waals surface area contributed by atoms with Crippen LogP contribution in [0, 0.1) is 0 Å². The van der Waals surface area contributed by atoms with Crippen molar-refractivity contribution < 1.29 is 8.42 Å². The van der Waals surface area contributed by atoms with Gasteiger partial charge in [-0.15, -0.1) is 0 Å². The van der Waals surface area contributed by atoms with E-state index in [0.29, 0.717) is 30.5 Å². The summed E-state index contributed by atoms with van der Waals surface area (Å²) in [5.41, 5.74) is 0.384. The number of sulfonamides is 1. The maximum atomic E-state index is 13.0. The molecule has 0 saturated carbocycles. The average molecular weight is 301 g/mol. The van der Waals surface area contributed by atoms with Crippen LogP contribution in [0.1, 0.15) is 6.92 Å². The zero-order valence-corrected chi connectivity index (χ0v) is 12.6. The van der Waals surface area contributed by atoms with Crippen LogP contribution in [-0.4, -0.2) is 51.2 Å². The summed E-state index contributed by atoms with van der Waals surface area (Å²) in [5, 5.41) is 4.48. The fourth-order valence-electron chi connectivity index (χ4n) is 2.75. The summed E-state index contributed by atoms with van der Waals surface area (Å²) < 4.78 is 27.5. The molecular formula is C14H16BN3O2S. The molecule has 2 heterocycles. The normalized spacial score (nSPS) is 20.7. The number of hydrogen-bond acceptors (Lipinski definition) is 4. The molecule has 0 bridgehead atoms. The zero-order valence-electron chi connectivity index (χ0n) is 11.8. The molecule has 2 radical (unpaired) electrons. The predicted octanol–water partition coefficient (Wildman–Crippen LogP) is 0.0110. The molecule has 0 aliphatic carbocycles. The van der Waals surface area contributed by atoms with E-state index in [2.05, 4.69) is 10.3 Å². The highest BCUT2D eigenvalue weighted by Crippen LogP contribution is 2.25. The monoisotopic (exact) mass is 301 g/mol. The molecule has 0 amide bonds. The van der Waals surface area contributed by atoms with Crippen molar-refractivity contribution in [2.45, 2.75) is 17.9 Å². The molecule has 21 heavy (non-hydrogen) atoms. The molecule has 7 heteroatoms. The van der Waals surface area contributed by atoms with Gasteiger partial charge >= 0.3 is 0 Å². The van der Waals surface area contributed by atoms with E-state index in [1.807, 2.05) is 13.0 Å². The molecule has 1 aromatic carbocycles. The van der Waals surface area contributed by atoms with Gasteiger partial charge in [-0.1, -0.05) is 17.6 Å². The lowest BCUT2D eigenvalue weighted by molar-refractivity contribution is 0.284. The summed E-state index contributed by atoms with van der Waals surface area (Å²) >= 11 is 0. The third kappa shape index (κ3) is 2.45. The maximum absolute atomic E-state index is 13.0. The fourth-order valence-corrected chi connectivity index (χ4v) is 4.62. The molecule has 1 saturated heterocycles. The second-order valence-corrected chi connectivity index (χ2v) is 7.11. The smallest absolute Gasteiger partial charge is 0.243 e. The minimum Gasteiger partial charge on any atom is -0.314 e. The summed E-state index contributed by atoms with van der Waals surface area (Å²) in [6.07, 6.45) is 3.12. The average Bonchev–Trinajstić information content (AvgIpc) is 2.47. The number of nitrogens with zero attached hydrogens (tertiary/aromatic N) is 2. The van der Waals surface area contributed by atoms with Gasteiger partial charge in [0.1, 0.15) is 7.85 Å². The van der Waals surface area contributed by atoms with Crippen molar-refractivity contribution in [3.05, 3.63) is 30.6 Å². The SMILES string of the molecule is [B]c1cncc2cccc(S(=O)(=O)N3CCNC[C@@H]3C)c12. The van der Waals surface area contributed by atoms with Gasteiger partial charge in [0.25, 0.3) is 0 Å². The molecule has 1 aromatic heterocycles. The molecule has 2 aromatic rings. The van der Waals surface area contributed by atoms with Crippen molar-refractivity contribution in [3.8, 4) is 0 Å². The van der Waals surface area contributed by atoms with Crippen LogP contribution in [0.15, 0.2) is 35.5 Å². The molecule has 1 aliphatic rings. The molecule has 1 atom stereocenters. The number of piperazine rings is 1. The van der Waals surface area contributed by atoms with E-state index in [0.717, 1.165) is 5.39 Å². The van der Waals surface area contributed by atoms with E-state index in [1.54, 1.807) is 18.3 Å². The van der Waals surface area contributed by atoms with Gasteiger partial charge in [-0.25, -0.2) is 8.42 Å². The van der Waals surface area contributed by atoms with Crippen LogP contribution < -0.4 is 10.8 Å². The Labute approximate surface area is 125 Å². The fraction of sp³-hybridized carbons (Fsp3) is 0.357. The standard InChI is InChI=1S/C14H16BN3O2S/c1-10-7-16-5-6-18(10)21(19,20)13-4-2-3-11-8-17-9-12(15)14(11)13/h2-4,8-10,16H,5-7H2,1H3/t10-/m0/s1. The van der Waals surface area contributed by atoms with Gasteiger partial charge in [0, 0.05) is 43.5 Å². The Morgan fingerprint density at radius 1 is 1.38 bits per heavy atom. The minimum atomic E-state index is -3.57. The maximum Gasteiger partial charge on any atom is 0.243 e. The molecule has 3 rings (SSSR count). The molecule has 1 N–H and O–H groups in total. The van der Waals surface area contributed by atoms with Gasteiger partial charge in [0.05, 0.1) is 4.90 Å². The van der Waals surface area contributed by atoms with Crippen LogP contribution in [-0.2, 0) is 10.0 Å². The van der Waals surface area contributed by atoms with E-state index in [9.17, 15) is 8.42 Å². The number of pyridine rings is 1. The first-order chi connectivity index (χ1) is 10.0. The minimum absolute atomic E-state index is 0.0814. The lowest BCUT2D eigenvalue weighted by atomic mass is 9.93. The first-order valence-electron chi connectivity index (χ1n) is 6.86. The highest BCUT2D eigenvalue weighted by molar-refractivity contribution is 7.89. The largest absolute Gasteiger partial charge is 0.314 e. The van der Waals surface area contributed by atoms with Crippen LogP contribution in [0.3, 0.4) is 0 Å². The van der Waals surface area contributed by atoms with E-state index >= 15 is 0 Å². The Kier molecular flexibility index (Phi) is 3.73. The Hall–Kier alpha value is -1.44. The molecule has 5 nitrogen and oxygen atoms in total. The number of benzene rings is 1. The zero-order chi connectivity index (χ0) is 15.0. The molecule has 0 unspecified atom stereocenters. The topological polar surface area (TPSA) is 62.3 Å². The van der Waals surface area contributed by atoms with Crippen molar-refractivity contribution in [2.24, 2.45) is 0 Å². The van der Waals surface area contributed by atoms with E-state index in [4.69, 9.17) is 7.85 Å². The van der Waals surface area contributed by atoms with Crippen molar-refractivity contribution >= 4 is 34.1 Å². The number of fused-ring (bicyclic) bond motifs is 1. The van der Waals surface area contributed by atoms with Gasteiger partial charge in [-0.3, -0.25) is 4.98 Å². The first kappa shape index (κ1) is 14.5. The molecular weight excluding hydrogens is 285 g/mol. The summed E-state index contributed by atoms with van der Waals surface area (Å²) in [5.74, 6) is 0. The van der Waals surface area contributed by atoms with E-state index in [-0.39, 0.29) is 10.9 Å². The number of nitrogens with one attached hydrogen (secondary N) is 1. The summed E-state index contributed by atoms with van der Waals surface area (Å²) in [4.78, 5) is 4.28. The summed E-state index contributed by atoms with van der Waals surface area (Å²) in [6.45, 7) is 3.68. The van der Waals surface area contributed by atoms with Crippen LogP contribution in [0.4, 0.5) is 0 Å². The van der Waals surface area contributed by atoms with Crippen molar-refractivity contribution in [2.75, 3.05) is 19.6 Å². The highest BCUT2D eigenvalue weighted by atomic mass is 32.2. The Balaban J connectivity index is 2.19. The number of aromatic nitrogens is 1. The van der Waals surface area contributed by atoms with Gasteiger partial charge in [-0.2, -0.15) is 4.31 Å². The molecule has 1 aliphatic heterocycles. The Morgan fingerprint density at radius 3 is 2.95 bits per heavy atom. The van der Waals surface area contributed by atoms with Crippen LogP contribution >= 0.6 is 0 Å². The summed E-state index contributed by atoms with van der Waals surface area (Å²) in [7, 11) is 2.39. The quantitative estimate of drug-likeness (QED) is 0.794. The Bertz CT molecular complexity index is 774. The van der Waals surface area contributed by atoms with Crippen LogP contribution in [0.2, 0.25) is 0 Å². The van der Waals surface area contributed by atoms with Gasteiger partial charge in [0.2, 0.25) is 10.0 Å².